The quantitative estimate of drug-likeness (QED) is 0.696. The number of pyridine rings is 1. The lowest BCUT2D eigenvalue weighted by atomic mass is 10.1. The van der Waals surface area contributed by atoms with Crippen LogP contribution in [0.2, 0.25) is 0 Å². The number of carbonyl (C=O) groups is 1. The first-order valence-electron chi connectivity index (χ1n) is 9.40. The Hall–Kier alpha value is -3.00. The maximum Gasteiger partial charge on any atom is 0.224 e. The molecule has 8 nitrogen and oxygen atoms in total. The molecule has 0 spiro atoms. The Morgan fingerprint density at radius 1 is 1.36 bits per heavy atom. The number of anilines is 1. The van der Waals surface area contributed by atoms with Gasteiger partial charge in [-0.05, 0) is 25.5 Å². The highest BCUT2D eigenvalue weighted by Gasteiger charge is 2.33. The van der Waals surface area contributed by atoms with Crippen molar-refractivity contribution in [3.8, 4) is 0 Å². The molecule has 0 aliphatic carbocycles. The molecule has 1 aliphatic heterocycles. The van der Waals surface area contributed by atoms with Crippen molar-refractivity contribution in [2.75, 3.05) is 25.1 Å². The van der Waals surface area contributed by atoms with Crippen LogP contribution in [0.15, 0.2) is 43.0 Å². The Balaban J connectivity index is 1.41. The molecule has 0 bridgehead atoms. The Kier molecular flexibility index (Phi) is 5.21. The molecule has 4 heterocycles. The van der Waals surface area contributed by atoms with Gasteiger partial charge in [-0.1, -0.05) is 6.07 Å². The highest BCUT2D eigenvalue weighted by atomic mass is 16.5. The number of hydrogen-bond acceptors (Lipinski definition) is 6. The predicted molar refractivity (Wildman–Crippen MR) is 105 cm³/mol. The number of carbonyl (C=O) groups excluding carboxylic acids is 1. The van der Waals surface area contributed by atoms with Gasteiger partial charge in [-0.25, -0.2) is 14.5 Å². The Bertz CT molecular complexity index is 972. The van der Waals surface area contributed by atoms with Gasteiger partial charge in [0, 0.05) is 43.7 Å². The van der Waals surface area contributed by atoms with Crippen LogP contribution in [-0.4, -0.2) is 57.8 Å². The number of nitrogens with one attached hydrogen (secondary N) is 1. The number of rotatable bonds is 6. The van der Waals surface area contributed by atoms with E-state index in [-0.39, 0.29) is 18.1 Å². The van der Waals surface area contributed by atoms with Crippen LogP contribution in [0.3, 0.4) is 0 Å². The highest BCUT2D eigenvalue weighted by molar-refractivity contribution is 5.81. The molecule has 1 saturated heterocycles. The number of nitrogens with zero attached hydrogens (tertiary/aromatic N) is 5. The van der Waals surface area contributed by atoms with Crippen LogP contribution in [0, 0.1) is 6.92 Å². The topological polar surface area (TPSA) is 84.6 Å². The largest absolute Gasteiger partial charge is 0.380 e. The SMILES string of the molecule is CO[C@@H]1C[C@H](CNC(=O)Cc2cnn3ccccc23)N(c2cc(C)ncn2)C1. The van der Waals surface area contributed by atoms with Gasteiger partial charge < -0.3 is 15.0 Å². The minimum atomic E-state index is -0.0153. The van der Waals surface area contributed by atoms with Crippen molar-refractivity contribution in [2.45, 2.75) is 31.9 Å². The van der Waals surface area contributed by atoms with Gasteiger partial charge >= 0.3 is 0 Å². The molecule has 28 heavy (non-hydrogen) atoms. The number of methoxy groups -OCH3 is 1. The normalized spacial score (nSPS) is 19.3. The third-order valence-electron chi connectivity index (χ3n) is 5.19. The molecule has 1 fully saturated rings. The number of fused-ring (bicyclic) bond motifs is 1. The van der Waals surface area contributed by atoms with Gasteiger partial charge in [0.05, 0.1) is 30.3 Å². The summed E-state index contributed by atoms with van der Waals surface area (Å²) in [4.78, 5) is 23.3. The van der Waals surface area contributed by atoms with Crippen LogP contribution in [0.25, 0.3) is 5.52 Å². The summed E-state index contributed by atoms with van der Waals surface area (Å²) in [6, 6.07) is 7.93. The number of aromatic nitrogens is 4. The lowest BCUT2D eigenvalue weighted by Gasteiger charge is -2.25. The first-order chi connectivity index (χ1) is 13.6. The fraction of sp³-hybridized carbons (Fsp3) is 0.400. The van der Waals surface area contributed by atoms with E-state index in [4.69, 9.17) is 4.74 Å². The number of ether oxygens (including phenoxy) is 1. The molecule has 4 rings (SSSR count). The second kappa shape index (κ2) is 7.93. The molecular weight excluding hydrogens is 356 g/mol. The van der Waals surface area contributed by atoms with Crippen LogP contribution in [0.5, 0.6) is 0 Å². The van der Waals surface area contributed by atoms with Crippen LogP contribution in [-0.2, 0) is 16.0 Å². The van der Waals surface area contributed by atoms with Crippen LogP contribution in [0.4, 0.5) is 5.82 Å². The van der Waals surface area contributed by atoms with Gasteiger partial charge in [0.15, 0.2) is 0 Å². The molecule has 8 heteroatoms. The fourth-order valence-electron chi connectivity index (χ4n) is 3.71. The third-order valence-corrected chi connectivity index (χ3v) is 5.19. The van der Waals surface area contributed by atoms with Crippen molar-refractivity contribution in [1.82, 2.24) is 24.9 Å². The minimum absolute atomic E-state index is 0.0153. The van der Waals surface area contributed by atoms with E-state index in [0.717, 1.165) is 35.6 Å². The molecule has 1 amide bonds. The van der Waals surface area contributed by atoms with Crippen molar-refractivity contribution in [3.05, 3.63) is 54.2 Å². The van der Waals surface area contributed by atoms with E-state index in [2.05, 4.69) is 25.3 Å². The first-order valence-corrected chi connectivity index (χ1v) is 9.40. The Morgan fingerprint density at radius 2 is 2.25 bits per heavy atom. The zero-order valence-electron chi connectivity index (χ0n) is 16.1. The Morgan fingerprint density at radius 3 is 3.07 bits per heavy atom. The molecule has 0 unspecified atom stereocenters. The molecule has 3 aromatic heterocycles. The van der Waals surface area contributed by atoms with Crippen molar-refractivity contribution in [2.24, 2.45) is 0 Å². The van der Waals surface area contributed by atoms with Gasteiger partial charge in [-0.2, -0.15) is 5.10 Å². The summed E-state index contributed by atoms with van der Waals surface area (Å²) in [5, 5.41) is 7.36. The van der Waals surface area contributed by atoms with Crippen molar-refractivity contribution in [3.63, 3.8) is 0 Å². The summed E-state index contributed by atoms with van der Waals surface area (Å²) in [7, 11) is 1.72. The molecule has 0 radical (unpaired) electrons. The van der Waals surface area contributed by atoms with Crippen LogP contribution >= 0.6 is 0 Å². The average molecular weight is 380 g/mol. The van der Waals surface area contributed by atoms with E-state index >= 15 is 0 Å². The molecule has 3 aromatic rings. The Labute approximate surface area is 163 Å². The van der Waals surface area contributed by atoms with Gasteiger partial charge in [0.25, 0.3) is 0 Å². The number of aryl methyl sites for hydroxylation is 1. The summed E-state index contributed by atoms with van der Waals surface area (Å²) in [6.07, 6.45) is 6.48. The lowest BCUT2D eigenvalue weighted by Crippen LogP contribution is -2.41. The fourth-order valence-corrected chi connectivity index (χ4v) is 3.71. The molecular formula is C20H24N6O2. The van der Waals surface area contributed by atoms with Gasteiger partial charge in [0.2, 0.25) is 5.91 Å². The second-order valence-electron chi connectivity index (χ2n) is 7.10. The zero-order valence-corrected chi connectivity index (χ0v) is 16.1. The van der Waals surface area contributed by atoms with E-state index in [0.29, 0.717) is 13.0 Å². The third kappa shape index (κ3) is 3.82. The van der Waals surface area contributed by atoms with Crippen LogP contribution in [0.1, 0.15) is 17.7 Å². The summed E-state index contributed by atoms with van der Waals surface area (Å²) in [5.41, 5.74) is 2.79. The minimum Gasteiger partial charge on any atom is -0.380 e. The van der Waals surface area contributed by atoms with Crippen LogP contribution < -0.4 is 10.2 Å². The molecule has 1 N–H and O–H groups in total. The maximum absolute atomic E-state index is 12.5. The van der Waals surface area contributed by atoms with Crippen molar-refractivity contribution in [1.29, 1.82) is 0 Å². The average Bonchev–Trinajstić information content (AvgIpc) is 3.31. The van der Waals surface area contributed by atoms with E-state index in [1.807, 2.05) is 37.4 Å². The molecule has 2 atom stereocenters. The lowest BCUT2D eigenvalue weighted by molar-refractivity contribution is -0.120. The molecule has 0 saturated carbocycles. The van der Waals surface area contributed by atoms with E-state index in [1.165, 1.54) is 0 Å². The van der Waals surface area contributed by atoms with Gasteiger partial charge in [0.1, 0.15) is 12.1 Å². The number of amides is 1. The summed E-state index contributed by atoms with van der Waals surface area (Å²) in [5.74, 6) is 0.854. The smallest absolute Gasteiger partial charge is 0.224 e. The molecule has 146 valence electrons. The summed E-state index contributed by atoms with van der Waals surface area (Å²) >= 11 is 0. The zero-order chi connectivity index (χ0) is 19.5. The van der Waals surface area contributed by atoms with E-state index in [1.54, 1.807) is 24.1 Å². The summed E-state index contributed by atoms with van der Waals surface area (Å²) < 4.78 is 7.33. The van der Waals surface area contributed by atoms with E-state index in [9.17, 15) is 4.79 Å². The van der Waals surface area contributed by atoms with Gasteiger partial charge in [-0.15, -0.1) is 0 Å². The predicted octanol–water partition coefficient (Wildman–Crippen LogP) is 1.39. The number of hydrogen-bond donors (Lipinski definition) is 1. The first kappa shape index (κ1) is 18.4. The second-order valence-corrected chi connectivity index (χ2v) is 7.10. The molecule has 1 aliphatic rings. The highest BCUT2D eigenvalue weighted by Crippen LogP contribution is 2.25. The summed E-state index contributed by atoms with van der Waals surface area (Å²) in [6.45, 7) is 3.24. The monoisotopic (exact) mass is 380 g/mol. The maximum atomic E-state index is 12.5. The van der Waals surface area contributed by atoms with Crippen molar-refractivity contribution < 1.29 is 9.53 Å². The molecule has 0 aromatic carbocycles. The van der Waals surface area contributed by atoms with Crippen molar-refractivity contribution >= 4 is 17.2 Å². The van der Waals surface area contributed by atoms with E-state index < -0.39 is 0 Å². The standard InChI is InChI=1S/C20H24N6O2/c1-14-7-19(23-13-22-14)25-12-17(28-2)9-16(25)11-21-20(27)8-15-10-24-26-6-4-3-5-18(15)26/h3-7,10,13,16-17H,8-9,11-12H2,1-2H3,(H,21,27)/t16-,17-/m1/s1. The van der Waals surface area contributed by atoms with Gasteiger partial charge in [-0.3, -0.25) is 4.79 Å².